The number of hydrogen-bond acceptors (Lipinski definition) is 6. The molecule has 0 bridgehead atoms. The Morgan fingerprint density at radius 2 is 2.00 bits per heavy atom. The molecule has 3 atom stereocenters. The van der Waals surface area contributed by atoms with Gasteiger partial charge >= 0.3 is 17.6 Å². The highest BCUT2D eigenvalue weighted by Crippen LogP contribution is 2.36. The molecular weight excluding hydrogens is 292 g/mol. The first-order chi connectivity index (χ1) is 10.4. The predicted molar refractivity (Wildman–Crippen MR) is 75.3 cm³/mol. The van der Waals surface area contributed by atoms with E-state index in [9.17, 15) is 19.2 Å². The average molecular weight is 310 g/mol. The molecule has 8 heteroatoms. The first kappa shape index (κ1) is 16.0. The first-order valence-corrected chi connectivity index (χ1v) is 6.99. The van der Waals surface area contributed by atoms with Gasteiger partial charge in [0, 0.05) is 44.5 Å². The van der Waals surface area contributed by atoms with Crippen molar-refractivity contribution < 1.29 is 19.1 Å². The molecule has 1 aromatic rings. The molecule has 1 saturated carbocycles. The second-order valence-electron chi connectivity index (χ2n) is 5.35. The van der Waals surface area contributed by atoms with Crippen LogP contribution >= 0.6 is 0 Å². The van der Waals surface area contributed by atoms with E-state index in [2.05, 4.69) is 4.98 Å². The lowest BCUT2D eigenvalue weighted by Gasteiger charge is -2.18. The third-order valence-corrected chi connectivity index (χ3v) is 3.67. The Bertz CT molecular complexity index is 676. The number of carbonyl (C=O) groups excluding carboxylic acids is 2. The van der Waals surface area contributed by atoms with Gasteiger partial charge in [-0.25, -0.2) is 4.79 Å². The third-order valence-electron chi connectivity index (χ3n) is 3.67. The summed E-state index contributed by atoms with van der Waals surface area (Å²) in [7, 11) is 0. The molecular formula is C14H18N2O6. The Hall–Kier alpha value is -2.38. The molecule has 1 fully saturated rings. The Morgan fingerprint density at radius 1 is 1.27 bits per heavy atom. The summed E-state index contributed by atoms with van der Waals surface area (Å²) in [5.41, 5.74) is -0.973. The molecule has 0 unspecified atom stereocenters. The Kier molecular flexibility index (Phi) is 4.79. The standard InChI is InChI=1S/C14H18N2O6/c1-8(17)21-7-10-5-11(6-12(10)22-9(2)18)16-4-3-13(19)15-14(16)20/h3-4,10-12H,5-7H2,1-2H3,(H,15,19,20)/t10-,11-,12+/m1/s1. The van der Waals surface area contributed by atoms with Gasteiger partial charge in [0.15, 0.2) is 0 Å². The molecule has 0 spiro atoms. The average Bonchev–Trinajstić information content (AvgIpc) is 2.78. The number of esters is 2. The molecule has 1 aliphatic carbocycles. The fourth-order valence-corrected chi connectivity index (χ4v) is 2.76. The van der Waals surface area contributed by atoms with E-state index < -0.39 is 29.3 Å². The predicted octanol–water partition coefficient (Wildman–Crippen LogP) is -0.0175. The second-order valence-corrected chi connectivity index (χ2v) is 5.35. The fourth-order valence-electron chi connectivity index (χ4n) is 2.76. The molecule has 2 rings (SSSR count). The maximum atomic E-state index is 11.8. The van der Waals surface area contributed by atoms with E-state index >= 15 is 0 Å². The van der Waals surface area contributed by atoms with Crippen LogP contribution in [0.25, 0.3) is 0 Å². The summed E-state index contributed by atoms with van der Waals surface area (Å²) in [5, 5.41) is 0. The Morgan fingerprint density at radius 3 is 2.59 bits per heavy atom. The minimum Gasteiger partial charge on any atom is -0.465 e. The lowest BCUT2D eigenvalue weighted by atomic mass is 10.1. The third kappa shape index (κ3) is 3.84. The quantitative estimate of drug-likeness (QED) is 0.783. The van der Waals surface area contributed by atoms with E-state index in [1.807, 2.05) is 0 Å². The molecule has 22 heavy (non-hydrogen) atoms. The number of nitrogens with one attached hydrogen (secondary N) is 1. The van der Waals surface area contributed by atoms with Crippen LogP contribution in [0.5, 0.6) is 0 Å². The van der Waals surface area contributed by atoms with Crippen molar-refractivity contribution >= 4 is 11.9 Å². The van der Waals surface area contributed by atoms with Gasteiger partial charge in [-0.15, -0.1) is 0 Å². The van der Waals surface area contributed by atoms with E-state index in [1.165, 1.54) is 30.7 Å². The number of nitrogens with zero attached hydrogens (tertiary/aromatic N) is 1. The van der Waals surface area contributed by atoms with E-state index in [0.717, 1.165) is 0 Å². The number of rotatable bonds is 4. The van der Waals surface area contributed by atoms with Gasteiger partial charge in [0.25, 0.3) is 5.56 Å². The molecule has 1 heterocycles. The van der Waals surface area contributed by atoms with Crippen LogP contribution in [-0.4, -0.2) is 34.2 Å². The zero-order valence-corrected chi connectivity index (χ0v) is 12.4. The molecule has 0 aliphatic heterocycles. The van der Waals surface area contributed by atoms with Gasteiger partial charge in [-0.05, 0) is 6.42 Å². The lowest BCUT2D eigenvalue weighted by Crippen LogP contribution is -2.31. The van der Waals surface area contributed by atoms with E-state index in [0.29, 0.717) is 12.8 Å². The summed E-state index contributed by atoms with van der Waals surface area (Å²) in [4.78, 5) is 47.3. The summed E-state index contributed by atoms with van der Waals surface area (Å²) >= 11 is 0. The van der Waals surface area contributed by atoms with Crippen molar-refractivity contribution in [2.24, 2.45) is 5.92 Å². The van der Waals surface area contributed by atoms with E-state index in [-0.39, 0.29) is 18.6 Å². The highest BCUT2D eigenvalue weighted by molar-refractivity contribution is 5.66. The topological polar surface area (TPSA) is 107 Å². The van der Waals surface area contributed by atoms with Crippen LogP contribution in [0.15, 0.2) is 21.9 Å². The first-order valence-electron chi connectivity index (χ1n) is 6.99. The van der Waals surface area contributed by atoms with Crippen molar-refractivity contribution in [2.45, 2.75) is 38.8 Å². The van der Waals surface area contributed by atoms with Crippen molar-refractivity contribution in [3.8, 4) is 0 Å². The smallest absolute Gasteiger partial charge is 0.328 e. The van der Waals surface area contributed by atoms with Crippen LogP contribution in [0, 0.1) is 5.92 Å². The van der Waals surface area contributed by atoms with E-state index in [4.69, 9.17) is 9.47 Å². The van der Waals surface area contributed by atoms with Crippen LogP contribution in [-0.2, 0) is 19.1 Å². The summed E-state index contributed by atoms with van der Waals surface area (Å²) in [6.45, 7) is 2.74. The summed E-state index contributed by atoms with van der Waals surface area (Å²) in [6, 6.07) is 1.04. The van der Waals surface area contributed by atoms with Gasteiger partial charge in [0.2, 0.25) is 0 Å². The molecule has 0 aromatic carbocycles. The van der Waals surface area contributed by atoms with Crippen molar-refractivity contribution in [1.82, 2.24) is 9.55 Å². The summed E-state index contributed by atoms with van der Waals surface area (Å²) in [6.07, 6.45) is 1.93. The SMILES string of the molecule is CC(=O)OC[C@H]1C[C@@H](n2ccc(=O)[nH]c2=O)C[C@@H]1OC(C)=O. The highest BCUT2D eigenvalue weighted by Gasteiger charge is 2.38. The maximum Gasteiger partial charge on any atom is 0.328 e. The molecule has 0 radical (unpaired) electrons. The van der Waals surface area contributed by atoms with Crippen LogP contribution in [0.4, 0.5) is 0 Å². The van der Waals surface area contributed by atoms with Gasteiger partial charge in [-0.1, -0.05) is 0 Å². The number of carbonyl (C=O) groups is 2. The number of ether oxygens (including phenoxy) is 2. The van der Waals surface area contributed by atoms with E-state index in [1.54, 1.807) is 0 Å². The normalized spacial score (nSPS) is 24.0. The monoisotopic (exact) mass is 310 g/mol. The zero-order chi connectivity index (χ0) is 16.3. The van der Waals surface area contributed by atoms with Crippen LogP contribution in [0.1, 0.15) is 32.7 Å². The Labute approximate surface area is 126 Å². The maximum absolute atomic E-state index is 11.8. The molecule has 0 amide bonds. The second kappa shape index (κ2) is 6.59. The molecule has 0 saturated heterocycles. The van der Waals surface area contributed by atoms with Crippen LogP contribution in [0.3, 0.4) is 0 Å². The van der Waals surface area contributed by atoms with Crippen molar-refractivity contribution in [2.75, 3.05) is 6.61 Å². The van der Waals surface area contributed by atoms with Crippen LogP contribution in [0.2, 0.25) is 0 Å². The van der Waals surface area contributed by atoms with Crippen LogP contribution < -0.4 is 11.2 Å². The van der Waals surface area contributed by atoms with Gasteiger partial charge < -0.3 is 9.47 Å². The van der Waals surface area contributed by atoms with Gasteiger partial charge in [-0.3, -0.25) is 23.9 Å². The summed E-state index contributed by atoms with van der Waals surface area (Å²) in [5.74, 6) is -1.02. The minimum atomic E-state index is -0.507. The lowest BCUT2D eigenvalue weighted by molar-refractivity contribution is -0.151. The summed E-state index contributed by atoms with van der Waals surface area (Å²) < 4.78 is 11.7. The molecule has 1 aliphatic rings. The molecule has 1 N–H and O–H groups in total. The largest absolute Gasteiger partial charge is 0.465 e. The minimum absolute atomic E-state index is 0.127. The number of aromatic nitrogens is 2. The molecule has 8 nitrogen and oxygen atoms in total. The van der Waals surface area contributed by atoms with Gasteiger partial charge in [0.1, 0.15) is 6.10 Å². The Balaban J connectivity index is 2.17. The molecule has 1 aromatic heterocycles. The molecule has 120 valence electrons. The highest BCUT2D eigenvalue weighted by atomic mass is 16.6. The van der Waals surface area contributed by atoms with Gasteiger partial charge in [-0.2, -0.15) is 0 Å². The van der Waals surface area contributed by atoms with Crippen molar-refractivity contribution in [1.29, 1.82) is 0 Å². The zero-order valence-electron chi connectivity index (χ0n) is 12.4. The number of H-pyrrole nitrogens is 1. The number of hydrogen-bond donors (Lipinski definition) is 1. The van der Waals surface area contributed by atoms with Crippen molar-refractivity contribution in [3.63, 3.8) is 0 Å². The van der Waals surface area contributed by atoms with Crippen molar-refractivity contribution in [3.05, 3.63) is 33.1 Å². The van der Waals surface area contributed by atoms with Gasteiger partial charge in [0.05, 0.1) is 6.61 Å². The number of aromatic amines is 1. The fraction of sp³-hybridized carbons (Fsp3) is 0.571.